The van der Waals surface area contributed by atoms with E-state index in [1.54, 1.807) is 18.2 Å². The van der Waals surface area contributed by atoms with E-state index in [9.17, 15) is 13.9 Å². The number of benzene rings is 2. The molecule has 0 radical (unpaired) electrons. The van der Waals surface area contributed by atoms with E-state index in [0.717, 1.165) is 28.9 Å². The van der Waals surface area contributed by atoms with Crippen LogP contribution in [0.15, 0.2) is 54.2 Å². The van der Waals surface area contributed by atoms with Crippen molar-refractivity contribution in [2.75, 3.05) is 5.73 Å². The first kappa shape index (κ1) is 19.9. The minimum atomic E-state index is -0.909. The Balaban J connectivity index is 1.44. The monoisotopic (exact) mass is 421 g/mol. The molecule has 0 bridgehead atoms. The van der Waals surface area contributed by atoms with Crippen molar-refractivity contribution in [2.45, 2.75) is 44.6 Å². The van der Waals surface area contributed by atoms with Gasteiger partial charge in [0.05, 0.1) is 23.2 Å². The van der Waals surface area contributed by atoms with Gasteiger partial charge in [-0.15, -0.1) is 0 Å². The average Bonchev–Trinajstić information content (AvgIpc) is 3.26. The summed E-state index contributed by atoms with van der Waals surface area (Å²) in [6, 6.07) is 10.7. The minimum Gasteiger partial charge on any atom is -0.399 e. The van der Waals surface area contributed by atoms with E-state index in [4.69, 9.17) is 5.73 Å². The van der Waals surface area contributed by atoms with Crippen LogP contribution < -0.4 is 5.73 Å². The fourth-order valence-corrected chi connectivity index (χ4v) is 5.25. The smallest absolute Gasteiger partial charge is 0.123 e. The molecule has 0 amide bonds. The first-order valence-corrected chi connectivity index (χ1v) is 10.6. The molecular weight excluding hydrogens is 396 g/mol. The van der Waals surface area contributed by atoms with E-state index in [0.29, 0.717) is 31.4 Å². The lowest BCUT2D eigenvalue weighted by atomic mass is 9.65. The van der Waals surface area contributed by atoms with Gasteiger partial charge in [0.2, 0.25) is 0 Å². The maximum Gasteiger partial charge on any atom is 0.123 e. The fourth-order valence-electron chi connectivity index (χ4n) is 5.25. The zero-order chi connectivity index (χ0) is 21.8. The molecule has 160 valence electrons. The molecule has 3 N–H and O–H groups in total. The Hall–Kier alpha value is -2.99. The number of aliphatic hydroxyl groups is 1. The lowest BCUT2D eigenvalue weighted by molar-refractivity contribution is -0.0461. The number of nitrogen functional groups attached to an aromatic ring is 1. The van der Waals surface area contributed by atoms with Crippen molar-refractivity contribution in [1.82, 2.24) is 9.78 Å². The van der Waals surface area contributed by atoms with Crippen molar-refractivity contribution >= 4 is 11.8 Å². The van der Waals surface area contributed by atoms with E-state index in [1.807, 2.05) is 10.9 Å². The minimum absolute atomic E-state index is 0.282. The van der Waals surface area contributed by atoms with Crippen LogP contribution in [0.4, 0.5) is 14.5 Å². The van der Waals surface area contributed by atoms with Gasteiger partial charge in [0, 0.05) is 11.1 Å². The van der Waals surface area contributed by atoms with E-state index >= 15 is 0 Å². The highest BCUT2D eigenvalue weighted by Crippen LogP contribution is 2.56. The van der Waals surface area contributed by atoms with Gasteiger partial charge >= 0.3 is 0 Å². The number of aryl methyl sites for hydroxylation is 1. The predicted octanol–water partition coefficient (Wildman–Crippen LogP) is 4.84. The van der Waals surface area contributed by atoms with Crippen LogP contribution in [0.3, 0.4) is 0 Å². The molecule has 2 aliphatic carbocycles. The molecule has 2 aromatic carbocycles. The molecule has 1 fully saturated rings. The van der Waals surface area contributed by atoms with Gasteiger partial charge in [-0.2, -0.15) is 5.10 Å². The Morgan fingerprint density at radius 3 is 2.65 bits per heavy atom. The molecular formula is C25H25F2N3O. The molecule has 5 rings (SSSR count). The third-order valence-electron chi connectivity index (χ3n) is 7.27. The third-order valence-corrected chi connectivity index (χ3v) is 7.27. The van der Waals surface area contributed by atoms with Gasteiger partial charge in [0.15, 0.2) is 0 Å². The molecule has 3 aromatic rings. The van der Waals surface area contributed by atoms with Crippen LogP contribution in [-0.4, -0.2) is 20.5 Å². The number of rotatable bonds is 4. The topological polar surface area (TPSA) is 64.1 Å². The maximum absolute atomic E-state index is 13.7. The Kier molecular flexibility index (Phi) is 4.52. The summed E-state index contributed by atoms with van der Waals surface area (Å²) in [7, 11) is 0. The largest absolute Gasteiger partial charge is 0.399 e. The second-order valence-corrected chi connectivity index (χ2v) is 9.00. The van der Waals surface area contributed by atoms with E-state index in [2.05, 4.69) is 18.1 Å². The molecule has 0 unspecified atom stereocenters. The Bertz CT molecular complexity index is 1180. The van der Waals surface area contributed by atoms with Crippen LogP contribution in [0.25, 0.3) is 11.8 Å². The highest BCUT2D eigenvalue weighted by Gasteiger charge is 2.54. The van der Waals surface area contributed by atoms with Gasteiger partial charge in [0.1, 0.15) is 11.6 Å². The van der Waals surface area contributed by atoms with Crippen LogP contribution in [0.1, 0.15) is 43.0 Å². The lowest BCUT2D eigenvalue weighted by Gasteiger charge is -2.42. The number of halogens is 2. The van der Waals surface area contributed by atoms with Gasteiger partial charge < -0.3 is 10.8 Å². The summed E-state index contributed by atoms with van der Waals surface area (Å²) in [4.78, 5) is 0. The van der Waals surface area contributed by atoms with Gasteiger partial charge in [-0.25, -0.2) is 13.5 Å². The van der Waals surface area contributed by atoms with Crippen LogP contribution in [-0.2, 0) is 12.8 Å². The molecule has 1 heterocycles. The highest BCUT2D eigenvalue weighted by molar-refractivity contribution is 5.62. The van der Waals surface area contributed by atoms with Crippen LogP contribution in [0, 0.1) is 17.0 Å². The fraction of sp³-hybridized carbons (Fsp3) is 0.320. The van der Waals surface area contributed by atoms with Gasteiger partial charge in [0.25, 0.3) is 0 Å². The molecule has 4 nitrogen and oxygen atoms in total. The van der Waals surface area contributed by atoms with Gasteiger partial charge in [-0.3, -0.25) is 0 Å². The average molecular weight is 421 g/mol. The molecule has 0 spiro atoms. The highest BCUT2D eigenvalue weighted by atomic mass is 19.1. The second kappa shape index (κ2) is 7.02. The number of aromatic nitrogens is 2. The van der Waals surface area contributed by atoms with Crippen LogP contribution in [0.5, 0.6) is 0 Å². The predicted molar refractivity (Wildman–Crippen MR) is 117 cm³/mol. The lowest BCUT2D eigenvalue weighted by Crippen LogP contribution is -2.45. The SMILES string of the molecule is C[C@]12Cc3cnn(-c4ccc(F)cc4)c3C=C1CC[C@@]2(O)CCc1cc(F)ccc1N. The molecule has 0 aliphatic heterocycles. The molecule has 0 saturated heterocycles. The molecule has 2 atom stereocenters. The van der Waals surface area contributed by atoms with Crippen molar-refractivity contribution in [3.63, 3.8) is 0 Å². The number of hydrogen-bond acceptors (Lipinski definition) is 3. The second-order valence-electron chi connectivity index (χ2n) is 9.00. The number of nitrogens with two attached hydrogens (primary N) is 1. The quantitative estimate of drug-likeness (QED) is 0.593. The number of anilines is 1. The Labute approximate surface area is 180 Å². The molecule has 1 aromatic heterocycles. The Morgan fingerprint density at radius 1 is 1.13 bits per heavy atom. The number of nitrogens with zero attached hydrogens (tertiary/aromatic N) is 2. The summed E-state index contributed by atoms with van der Waals surface area (Å²) >= 11 is 0. The first-order chi connectivity index (χ1) is 14.8. The van der Waals surface area contributed by atoms with E-state index < -0.39 is 11.0 Å². The zero-order valence-corrected chi connectivity index (χ0v) is 17.4. The molecule has 1 saturated carbocycles. The number of hydrogen-bond donors (Lipinski definition) is 2. The van der Waals surface area contributed by atoms with Crippen molar-refractivity contribution in [1.29, 1.82) is 0 Å². The summed E-state index contributed by atoms with van der Waals surface area (Å²) in [5, 5.41) is 16.2. The van der Waals surface area contributed by atoms with Crippen molar-refractivity contribution in [2.24, 2.45) is 5.41 Å². The van der Waals surface area contributed by atoms with Crippen LogP contribution in [0.2, 0.25) is 0 Å². The standard InChI is InChI=1S/C25H25F2N3O/c1-24-14-17-15-29-30(21-5-2-19(26)3-6-21)23(17)13-18(24)9-11-25(24,31)10-8-16-12-20(27)4-7-22(16)28/h2-7,12-13,15,31H,8-11,14,28H2,1H3/t24-,25-/m0/s1. The number of fused-ring (bicyclic) bond motifs is 2. The summed E-state index contributed by atoms with van der Waals surface area (Å²) in [5.41, 5.74) is 10.0. The first-order valence-electron chi connectivity index (χ1n) is 10.6. The van der Waals surface area contributed by atoms with Gasteiger partial charge in [-0.1, -0.05) is 12.5 Å². The molecule has 6 heteroatoms. The molecule has 31 heavy (non-hydrogen) atoms. The van der Waals surface area contributed by atoms with Gasteiger partial charge in [-0.05, 0) is 91.8 Å². The third kappa shape index (κ3) is 3.17. The van der Waals surface area contributed by atoms with Crippen LogP contribution >= 0.6 is 0 Å². The zero-order valence-electron chi connectivity index (χ0n) is 17.4. The summed E-state index contributed by atoms with van der Waals surface area (Å²) in [6.07, 6.45) is 7.10. The Morgan fingerprint density at radius 2 is 1.87 bits per heavy atom. The summed E-state index contributed by atoms with van der Waals surface area (Å²) in [5.74, 6) is -0.597. The molecule has 2 aliphatic rings. The summed E-state index contributed by atoms with van der Waals surface area (Å²) < 4.78 is 28.8. The van der Waals surface area contributed by atoms with Crippen molar-refractivity contribution in [3.8, 4) is 5.69 Å². The normalized spacial score (nSPS) is 24.6. The van der Waals surface area contributed by atoms with E-state index in [1.165, 1.54) is 29.8 Å². The maximum atomic E-state index is 13.7. The van der Waals surface area contributed by atoms with E-state index in [-0.39, 0.29) is 11.6 Å². The van der Waals surface area contributed by atoms with Crippen molar-refractivity contribution in [3.05, 3.63) is 82.7 Å². The summed E-state index contributed by atoms with van der Waals surface area (Å²) in [6.45, 7) is 2.11. The van der Waals surface area contributed by atoms with Crippen molar-refractivity contribution < 1.29 is 13.9 Å².